The van der Waals surface area contributed by atoms with E-state index in [1.54, 1.807) is 24.3 Å². The molecular weight excluding hydrogens is 441 g/mol. The summed E-state index contributed by atoms with van der Waals surface area (Å²) < 4.78 is 21.5. The average Bonchev–Trinajstić information content (AvgIpc) is 3.12. The smallest absolute Gasteiger partial charge is 0.337 e. The van der Waals surface area contributed by atoms with E-state index in [2.05, 4.69) is 5.32 Å². The summed E-state index contributed by atoms with van der Waals surface area (Å²) in [5, 5.41) is 3.33. The van der Waals surface area contributed by atoms with Gasteiger partial charge in [-0.25, -0.2) is 9.18 Å². The van der Waals surface area contributed by atoms with E-state index in [1.807, 2.05) is 25.1 Å². The number of rotatable bonds is 3. The molecule has 0 spiro atoms. The molecule has 1 heterocycles. The molecule has 1 N–H and O–H groups in total. The van der Waals surface area contributed by atoms with Crippen molar-refractivity contribution >= 4 is 17.4 Å². The minimum atomic E-state index is -0.809. The van der Waals surface area contributed by atoms with Crippen LogP contribution in [0.1, 0.15) is 66.4 Å². The third-order valence-electron chi connectivity index (χ3n) is 9.07. The van der Waals surface area contributed by atoms with Gasteiger partial charge in [-0.1, -0.05) is 42.5 Å². The Kier molecular flexibility index (Phi) is 4.61. The van der Waals surface area contributed by atoms with E-state index in [4.69, 9.17) is 4.74 Å². The second-order valence-corrected chi connectivity index (χ2v) is 11.1. The van der Waals surface area contributed by atoms with Gasteiger partial charge >= 0.3 is 5.97 Å². The number of ketones is 1. The summed E-state index contributed by atoms with van der Waals surface area (Å²) in [4.78, 5) is 27.5. The van der Waals surface area contributed by atoms with Crippen LogP contribution < -0.4 is 5.32 Å². The predicted molar refractivity (Wildman–Crippen MR) is 130 cm³/mol. The quantitative estimate of drug-likeness (QED) is 0.581. The summed E-state index contributed by atoms with van der Waals surface area (Å²) in [6, 6.07) is 13.8. The zero-order valence-electron chi connectivity index (χ0n) is 19.7. The number of Topliss-reactive ketones (excluding diaryl/α,β-unsaturated/α-hetero) is 1. The summed E-state index contributed by atoms with van der Waals surface area (Å²) in [5.74, 6) is 0.578. The number of halogens is 1. The maximum absolute atomic E-state index is 15.2. The highest BCUT2D eigenvalue weighted by atomic mass is 19.1. The molecule has 4 saturated carbocycles. The Hall–Kier alpha value is -3.21. The zero-order chi connectivity index (χ0) is 23.8. The molecule has 2 aromatic carbocycles. The first-order chi connectivity index (χ1) is 17.0. The number of ether oxygens (including phenoxy) is 1. The highest BCUT2D eigenvalue weighted by molar-refractivity contribution is 6.23. The first kappa shape index (κ1) is 21.1. The number of fused-ring (bicyclic) bond motifs is 2. The molecule has 4 fully saturated rings. The minimum absolute atomic E-state index is 0.0799. The summed E-state index contributed by atoms with van der Waals surface area (Å²) in [6.07, 6.45) is 5.81. The Labute approximate surface area is 204 Å². The largest absolute Gasteiger partial charge is 0.458 e. The molecule has 4 bridgehead atoms. The fourth-order valence-corrected chi connectivity index (χ4v) is 7.87. The van der Waals surface area contributed by atoms with E-state index in [9.17, 15) is 9.59 Å². The van der Waals surface area contributed by atoms with Crippen molar-refractivity contribution in [2.24, 2.45) is 23.7 Å². The van der Waals surface area contributed by atoms with Crippen LogP contribution >= 0.6 is 0 Å². The van der Waals surface area contributed by atoms with Gasteiger partial charge in [0.2, 0.25) is 0 Å². The lowest BCUT2D eigenvalue weighted by Crippen LogP contribution is -2.50. The Morgan fingerprint density at radius 2 is 1.54 bits per heavy atom. The molecule has 4 nitrogen and oxygen atoms in total. The van der Waals surface area contributed by atoms with Crippen molar-refractivity contribution in [3.05, 3.63) is 87.9 Å². The molecule has 5 aliphatic carbocycles. The summed E-state index contributed by atoms with van der Waals surface area (Å²) >= 11 is 0. The second kappa shape index (κ2) is 7.64. The standard InChI is InChI=1S/C30H28FNO3/c1-15-24(30(34)35-29-18-11-16-10-17(13-18)14-19(29)12-16)25(22-8-4-5-9-23(22)31)26-27(32-15)20-6-2-3-7-21(20)28(26)33/h2-9,16-19,25,29,32H,10-14H2,1H3. The average molecular weight is 470 g/mol. The topological polar surface area (TPSA) is 55.4 Å². The number of dihydropyridines is 1. The SMILES string of the molecule is CC1=C(C(=O)OC2C3CC4CC(C3)CC2C4)C(c2ccccc2F)C2=C(N1)c1ccccc1C2=O. The van der Waals surface area contributed by atoms with E-state index >= 15 is 4.39 Å². The van der Waals surface area contributed by atoms with Crippen LogP contribution in [0.4, 0.5) is 4.39 Å². The Morgan fingerprint density at radius 3 is 2.23 bits per heavy atom. The highest BCUT2D eigenvalue weighted by Gasteiger charge is 2.51. The van der Waals surface area contributed by atoms with Crippen LogP contribution in [0.15, 0.2) is 65.4 Å². The fraction of sp³-hybridized carbons (Fsp3) is 0.400. The van der Waals surface area contributed by atoms with Crippen LogP contribution in [0.2, 0.25) is 0 Å². The molecular formula is C30H28FNO3. The number of allylic oxidation sites excluding steroid dienone is 2. The molecule has 0 radical (unpaired) electrons. The summed E-state index contributed by atoms with van der Waals surface area (Å²) in [6.45, 7) is 1.83. The third kappa shape index (κ3) is 3.10. The van der Waals surface area contributed by atoms with Crippen LogP contribution in [0.5, 0.6) is 0 Å². The maximum Gasteiger partial charge on any atom is 0.337 e. The number of esters is 1. The molecule has 6 aliphatic rings. The lowest BCUT2D eigenvalue weighted by molar-refractivity contribution is -0.166. The Morgan fingerprint density at radius 1 is 0.914 bits per heavy atom. The lowest BCUT2D eigenvalue weighted by atomic mass is 9.55. The molecule has 2 aromatic rings. The Balaban J connectivity index is 1.29. The molecule has 0 amide bonds. The number of carbonyl (C=O) groups is 2. The van der Waals surface area contributed by atoms with Gasteiger partial charge in [0.05, 0.1) is 17.2 Å². The first-order valence-corrected chi connectivity index (χ1v) is 12.8. The molecule has 0 saturated heterocycles. The van der Waals surface area contributed by atoms with Gasteiger partial charge in [-0.15, -0.1) is 0 Å². The normalized spacial score (nSPS) is 32.5. The van der Waals surface area contributed by atoms with Crippen molar-refractivity contribution in [2.45, 2.75) is 51.0 Å². The molecule has 5 heteroatoms. The monoisotopic (exact) mass is 469 g/mol. The van der Waals surface area contributed by atoms with Gasteiger partial charge in [0.25, 0.3) is 0 Å². The van der Waals surface area contributed by atoms with Crippen LogP contribution in [0.3, 0.4) is 0 Å². The van der Waals surface area contributed by atoms with Crippen LogP contribution in [-0.2, 0) is 9.53 Å². The van der Waals surface area contributed by atoms with Gasteiger partial charge in [-0.05, 0) is 68.8 Å². The molecule has 35 heavy (non-hydrogen) atoms. The van der Waals surface area contributed by atoms with Crippen molar-refractivity contribution in [2.75, 3.05) is 0 Å². The van der Waals surface area contributed by atoms with Gasteiger partial charge in [-0.2, -0.15) is 0 Å². The van der Waals surface area contributed by atoms with Crippen LogP contribution in [-0.4, -0.2) is 17.9 Å². The molecule has 8 rings (SSSR count). The lowest BCUT2D eigenvalue weighted by Gasteiger charge is -2.53. The van der Waals surface area contributed by atoms with Gasteiger partial charge in [0, 0.05) is 28.0 Å². The van der Waals surface area contributed by atoms with Gasteiger partial charge in [-0.3, -0.25) is 4.79 Å². The van der Waals surface area contributed by atoms with E-state index in [-0.39, 0.29) is 11.9 Å². The maximum atomic E-state index is 15.2. The molecule has 178 valence electrons. The first-order valence-electron chi connectivity index (χ1n) is 12.8. The van der Waals surface area contributed by atoms with Crippen LogP contribution in [0.25, 0.3) is 5.70 Å². The van der Waals surface area contributed by atoms with Crippen molar-refractivity contribution in [3.63, 3.8) is 0 Å². The summed E-state index contributed by atoms with van der Waals surface area (Å²) in [7, 11) is 0. The minimum Gasteiger partial charge on any atom is -0.458 e. The van der Waals surface area contributed by atoms with Crippen LogP contribution in [0, 0.1) is 29.5 Å². The zero-order valence-corrected chi connectivity index (χ0v) is 19.7. The molecule has 1 aliphatic heterocycles. The predicted octanol–water partition coefficient (Wildman–Crippen LogP) is 5.76. The number of benzene rings is 2. The van der Waals surface area contributed by atoms with Gasteiger partial charge in [0.1, 0.15) is 11.9 Å². The van der Waals surface area contributed by atoms with Gasteiger partial charge in [0.15, 0.2) is 5.78 Å². The van der Waals surface area contributed by atoms with E-state index in [0.717, 1.165) is 43.1 Å². The highest BCUT2D eigenvalue weighted by Crippen LogP contribution is 2.55. The second-order valence-electron chi connectivity index (χ2n) is 11.1. The van der Waals surface area contributed by atoms with E-state index < -0.39 is 17.7 Å². The number of nitrogens with one attached hydrogen (secondary N) is 1. The van der Waals surface area contributed by atoms with E-state index in [0.29, 0.717) is 45.5 Å². The molecule has 1 unspecified atom stereocenters. The number of hydrogen-bond acceptors (Lipinski definition) is 4. The van der Waals surface area contributed by atoms with E-state index in [1.165, 1.54) is 12.5 Å². The third-order valence-corrected chi connectivity index (χ3v) is 9.07. The fourth-order valence-electron chi connectivity index (χ4n) is 7.87. The van der Waals surface area contributed by atoms with Crippen molar-refractivity contribution in [1.29, 1.82) is 0 Å². The molecule has 1 atom stereocenters. The van der Waals surface area contributed by atoms with Crippen molar-refractivity contribution in [3.8, 4) is 0 Å². The van der Waals surface area contributed by atoms with Crippen molar-refractivity contribution in [1.82, 2.24) is 5.32 Å². The summed E-state index contributed by atoms with van der Waals surface area (Å²) in [5.41, 5.74) is 3.77. The van der Waals surface area contributed by atoms with Crippen molar-refractivity contribution < 1.29 is 18.7 Å². The van der Waals surface area contributed by atoms with Gasteiger partial charge < -0.3 is 10.1 Å². The Bertz CT molecular complexity index is 1310. The molecule has 0 aromatic heterocycles. The number of carbonyl (C=O) groups excluding carboxylic acids is 2. The number of hydrogen-bond donors (Lipinski definition) is 1.